The van der Waals surface area contributed by atoms with E-state index in [1.807, 2.05) is 17.7 Å². The lowest BCUT2D eigenvalue weighted by Gasteiger charge is -2.14. The van der Waals surface area contributed by atoms with Crippen molar-refractivity contribution in [3.05, 3.63) is 55.9 Å². The van der Waals surface area contributed by atoms with E-state index < -0.39 is 0 Å². The molecule has 0 aliphatic carbocycles. The van der Waals surface area contributed by atoms with Gasteiger partial charge >= 0.3 is 0 Å². The van der Waals surface area contributed by atoms with Crippen LogP contribution < -0.4 is 5.73 Å². The Labute approximate surface area is 106 Å². The number of halogens is 2. The average molecular weight is 300 g/mol. The standard InChI is InChI=1S/C12H11BrFNS/c1-7-4-8(14)2-3-9(7)12(15)10-5-16-6-11(10)13/h2-6,12H,15H2,1H3. The molecule has 1 heterocycles. The molecule has 0 aliphatic rings. The molecule has 0 bridgehead atoms. The third-order valence-electron chi connectivity index (χ3n) is 2.54. The predicted octanol–water partition coefficient (Wildman–Crippen LogP) is 4.01. The van der Waals surface area contributed by atoms with Crippen LogP contribution in [0.5, 0.6) is 0 Å². The van der Waals surface area contributed by atoms with Gasteiger partial charge in [0.05, 0.1) is 6.04 Å². The average Bonchev–Trinajstić information content (AvgIpc) is 2.63. The topological polar surface area (TPSA) is 26.0 Å². The number of thiophene rings is 1. The molecule has 0 amide bonds. The van der Waals surface area contributed by atoms with Gasteiger partial charge < -0.3 is 5.73 Å². The van der Waals surface area contributed by atoms with E-state index in [0.29, 0.717) is 0 Å². The zero-order valence-electron chi connectivity index (χ0n) is 8.71. The maximum absolute atomic E-state index is 13.0. The van der Waals surface area contributed by atoms with Crippen LogP contribution in [0.1, 0.15) is 22.7 Å². The van der Waals surface area contributed by atoms with Crippen molar-refractivity contribution < 1.29 is 4.39 Å². The largest absolute Gasteiger partial charge is 0.320 e. The maximum atomic E-state index is 13.0. The van der Waals surface area contributed by atoms with Gasteiger partial charge in [0, 0.05) is 9.85 Å². The molecule has 1 unspecified atom stereocenters. The van der Waals surface area contributed by atoms with E-state index >= 15 is 0 Å². The highest BCUT2D eigenvalue weighted by Crippen LogP contribution is 2.31. The molecule has 84 valence electrons. The molecule has 16 heavy (non-hydrogen) atoms. The molecule has 4 heteroatoms. The molecule has 1 aromatic heterocycles. The molecular formula is C12H11BrFNS. The molecule has 0 radical (unpaired) electrons. The molecule has 1 nitrogen and oxygen atoms in total. The summed E-state index contributed by atoms with van der Waals surface area (Å²) < 4.78 is 14.0. The van der Waals surface area contributed by atoms with Gasteiger partial charge in [0.2, 0.25) is 0 Å². The van der Waals surface area contributed by atoms with Crippen molar-refractivity contribution in [2.24, 2.45) is 5.73 Å². The summed E-state index contributed by atoms with van der Waals surface area (Å²) in [6, 6.07) is 4.50. The first-order valence-corrected chi connectivity index (χ1v) is 6.56. The van der Waals surface area contributed by atoms with Crippen molar-refractivity contribution in [2.75, 3.05) is 0 Å². The first-order valence-electron chi connectivity index (χ1n) is 4.83. The minimum absolute atomic E-state index is 0.207. The second-order valence-electron chi connectivity index (χ2n) is 3.65. The fraction of sp³-hybridized carbons (Fsp3) is 0.167. The molecule has 0 saturated heterocycles. The maximum Gasteiger partial charge on any atom is 0.123 e. The van der Waals surface area contributed by atoms with Gasteiger partial charge in [0.15, 0.2) is 0 Å². The third-order valence-corrected chi connectivity index (χ3v) is 4.30. The summed E-state index contributed by atoms with van der Waals surface area (Å²) in [5.74, 6) is -0.224. The smallest absolute Gasteiger partial charge is 0.123 e. The Morgan fingerprint density at radius 1 is 1.31 bits per heavy atom. The first-order chi connectivity index (χ1) is 7.59. The van der Waals surface area contributed by atoms with Crippen LogP contribution in [0.25, 0.3) is 0 Å². The van der Waals surface area contributed by atoms with Gasteiger partial charge in [-0.25, -0.2) is 4.39 Å². The Morgan fingerprint density at radius 2 is 2.06 bits per heavy atom. The monoisotopic (exact) mass is 299 g/mol. The number of nitrogens with two attached hydrogens (primary N) is 1. The number of benzene rings is 1. The molecule has 2 N–H and O–H groups in total. The van der Waals surface area contributed by atoms with Crippen LogP contribution in [0, 0.1) is 12.7 Å². The van der Waals surface area contributed by atoms with E-state index in [2.05, 4.69) is 15.9 Å². The predicted molar refractivity (Wildman–Crippen MR) is 69.2 cm³/mol. The second-order valence-corrected chi connectivity index (χ2v) is 5.25. The van der Waals surface area contributed by atoms with E-state index in [4.69, 9.17) is 5.73 Å². The zero-order valence-corrected chi connectivity index (χ0v) is 11.1. The van der Waals surface area contributed by atoms with Gasteiger partial charge in [0.25, 0.3) is 0 Å². The summed E-state index contributed by atoms with van der Waals surface area (Å²) in [5, 5.41) is 4.01. The van der Waals surface area contributed by atoms with Crippen LogP contribution in [0.2, 0.25) is 0 Å². The lowest BCUT2D eigenvalue weighted by Crippen LogP contribution is -2.13. The second kappa shape index (κ2) is 4.65. The van der Waals surface area contributed by atoms with Crippen LogP contribution in [-0.4, -0.2) is 0 Å². The Kier molecular flexibility index (Phi) is 3.42. The van der Waals surface area contributed by atoms with Crippen molar-refractivity contribution in [3.8, 4) is 0 Å². The highest BCUT2D eigenvalue weighted by atomic mass is 79.9. The SMILES string of the molecule is Cc1cc(F)ccc1C(N)c1cscc1Br. The number of aryl methyl sites for hydroxylation is 1. The van der Waals surface area contributed by atoms with Crippen LogP contribution in [0.3, 0.4) is 0 Å². The van der Waals surface area contributed by atoms with Crippen molar-refractivity contribution in [3.63, 3.8) is 0 Å². The van der Waals surface area contributed by atoms with Crippen LogP contribution >= 0.6 is 27.3 Å². The molecule has 1 atom stereocenters. The highest BCUT2D eigenvalue weighted by Gasteiger charge is 2.15. The van der Waals surface area contributed by atoms with Crippen LogP contribution in [-0.2, 0) is 0 Å². The summed E-state index contributed by atoms with van der Waals surface area (Å²) >= 11 is 5.06. The quantitative estimate of drug-likeness (QED) is 0.891. The lowest BCUT2D eigenvalue weighted by atomic mass is 9.98. The molecule has 1 aromatic carbocycles. The fourth-order valence-corrected chi connectivity index (χ4v) is 3.25. The van der Waals surface area contributed by atoms with Gasteiger partial charge in [-0.1, -0.05) is 6.07 Å². The first kappa shape index (κ1) is 11.8. The van der Waals surface area contributed by atoms with Gasteiger partial charge in [-0.15, -0.1) is 0 Å². The van der Waals surface area contributed by atoms with Gasteiger partial charge in [0.1, 0.15) is 5.82 Å². The molecule has 0 fully saturated rings. The van der Waals surface area contributed by atoms with E-state index in [0.717, 1.165) is 21.2 Å². The summed E-state index contributed by atoms with van der Waals surface area (Å²) in [6.45, 7) is 1.87. The van der Waals surface area contributed by atoms with Crippen LogP contribution in [0.4, 0.5) is 4.39 Å². The Morgan fingerprint density at radius 3 is 2.62 bits per heavy atom. The lowest BCUT2D eigenvalue weighted by molar-refractivity contribution is 0.624. The van der Waals surface area contributed by atoms with E-state index in [-0.39, 0.29) is 11.9 Å². The van der Waals surface area contributed by atoms with Crippen molar-refractivity contribution in [1.82, 2.24) is 0 Å². The third kappa shape index (κ3) is 2.19. The van der Waals surface area contributed by atoms with Gasteiger partial charge in [-0.05, 0) is 57.1 Å². The van der Waals surface area contributed by atoms with Gasteiger partial charge in [-0.3, -0.25) is 0 Å². The molecule has 2 aromatic rings. The Balaban J connectivity index is 2.41. The van der Waals surface area contributed by atoms with Crippen molar-refractivity contribution in [2.45, 2.75) is 13.0 Å². The van der Waals surface area contributed by atoms with E-state index in [9.17, 15) is 4.39 Å². The molecular weight excluding hydrogens is 289 g/mol. The van der Waals surface area contributed by atoms with E-state index in [1.54, 1.807) is 17.4 Å². The molecule has 0 spiro atoms. The molecule has 2 rings (SSSR count). The van der Waals surface area contributed by atoms with Gasteiger partial charge in [-0.2, -0.15) is 11.3 Å². The minimum atomic E-state index is -0.224. The Hall–Kier alpha value is -0.710. The normalized spacial score (nSPS) is 12.8. The van der Waals surface area contributed by atoms with E-state index in [1.165, 1.54) is 12.1 Å². The molecule has 0 saturated carbocycles. The summed E-state index contributed by atoms with van der Waals surface area (Å²) in [7, 11) is 0. The number of rotatable bonds is 2. The molecule has 0 aliphatic heterocycles. The number of hydrogen-bond donors (Lipinski definition) is 1. The summed E-state index contributed by atoms with van der Waals surface area (Å²) in [6.07, 6.45) is 0. The highest BCUT2D eigenvalue weighted by molar-refractivity contribution is 9.10. The summed E-state index contributed by atoms with van der Waals surface area (Å²) in [4.78, 5) is 0. The van der Waals surface area contributed by atoms with Crippen molar-refractivity contribution >= 4 is 27.3 Å². The Bertz CT molecular complexity index is 509. The number of hydrogen-bond acceptors (Lipinski definition) is 2. The summed E-state index contributed by atoms with van der Waals surface area (Å²) in [5.41, 5.74) is 9.05. The van der Waals surface area contributed by atoms with Crippen molar-refractivity contribution in [1.29, 1.82) is 0 Å². The fourth-order valence-electron chi connectivity index (χ4n) is 1.67. The minimum Gasteiger partial charge on any atom is -0.320 e. The van der Waals surface area contributed by atoms with Crippen LogP contribution in [0.15, 0.2) is 33.4 Å². The zero-order chi connectivity index (χ0) is 11.7.